The fraction of sp³-hybridized carbons (Fsp3) is 0.500. The first-order chi connectivity index (χ1) is 14.6. The topological polar surface area (TPSA) is 75.0 Å². The minimum absolute atomic E-state index is 0. The van der Waals surface area contributed by atoms with Gasteiger partial charge in [-0.05, 0) is 32.3 Å². The van der Waals surface area contributed by atoms with Crippen LogP contribution in [-0.4, -0.2) is 58.8 Å². The average Bonchev–Trinajstić information content (AvgIpc) is 3.14. The third-order valence-corrected chi connectivity index (χ3v) is 5.58. The highest BCUT2D eigenvalue weighted by molar-refractivity contribution is 14.0. The number of aliphatic imine (C=N–C) groups is 1. The Morgan fingerprint density at radius 1 is 1.29 bits per heavy atom. The number of para-hydroxylation sites is 1. The number of nitrogens with one attached hydrogen (secondary N) is 1. The molecule has 2 fully saturated rings. The van der Waals surface area contributed by atoms with E-state index in [-0.39, 0.29) is 29.9 Å². The number of benzene rings is 1. The first kappa shape index (κ1) is 23.4. The Bertz CT molecular complexity index is 911. The van der Waals surface area contributed by atoms with Crippen LogP contribution in [0.4, 0.5) is 5.69 Å². The van der Waals surface area contributed by atoms with Gasteiger partial charge < -0.3 is 19.9 Å². The quantitative estimate of drug-likeness (QED) is 0.348. The second-order valence-electron chi connectivity index (χ2n) is 7.79. The molecule has 1 amide bonds. The lowest BCUT2D eigenvalue weighted by molar-refractivity contribution is -0.120. The maximum atomic E-state index is 12.8. The molecule has 2 aliphatic rings. The molecular weight excluding hydrogens is 507 g/mol. The predicted octanol–water partition coefficient (Wildman–Crippen LogP) is 2.78. The van der Waals surface area contributed by atoms with Crippen LogP contribution in [0.15, 0.2) is 41.7 Å². The number of ether oxygens (including phenoxy) is 1. The van der Waals surface area contributed by atoms with Gasteiger partial charge in [-0.3, -0.25) is 9.48 Å². The number of carbonyl (C=O) groups excluding carboxylic acids is 1. The standard InChI is InChI=1S/C22H30N6O2.HI/c1-3-23-22(24-13-17-7-4-5-10-20(17)30-19-8-6-9-19)27-11-12-28(21(29)16-27)18-14-25-26(2)15-18;/h4-5,7,10,14-15,19H,3,6,8-9,11-13,16H2,1-2H3,(H,23,24);1H. The summed E-state index contributed by atoms with van der Waals surface area (Å²) in [6, 6.07) is 8.10. The van der Waals surface area contributed by atoms with Gasteiger partial charge in [-0.25, -0.2) is 4.99 Å². The molecule has 0 atom stereocenters. The number of rotatable bonds is 6. The molecule has 2 heterocycles. The van der Waals surface area contributed by atoms with Gasteiger partial charge in [-0.15, -0.1) is 24.0 Å². The summed E-state index contributed by atoms with van der Waals surface area (Å²) in [7, 11) is 1.85. The summed E-state index contributed by atoms with van der Waals surface area (Å²) in [6.45, 7) is 4.92. The van der Waals surface area contributed by atoms with Crippen molar-refractivity contribution in [3.05, 3.63) is 42.2 Å². The molecule has 0 unspecified atom stereocenters. The van der Waals surface area contributed by atoms with E-state index in [1.165, 1.54) is 6.42 Å². The lowest BCUT2D eigenvalue weighted by Crippen LogP contribution is -2.55. The van der Waals surface area contributed by atoms with Crippen molar-refractivity contribution in [2.75, 3.05) is 31.1 Å². The maximum Gasteiger partial charge on any atom is 0.246 e. The van der Waals surface area contributed by atoms with Crippen LogP contribution in [0, 0.1) is 0 Å². The number of aryl methyl sites for hydroxylation is 1. The zero-order chi connectivity index (χ0) is 20.9. The Kier molecular flexibility index (Phi) is 8.16. The Hall–Kier alpha value is -2.30. The van der Waals surface area contributed by atoms with Gasteiger partial charge in [-0.2, -0.15) is 5.10 Å². The first-order valence-electron chi connectivity index (χ1n) is 10.7. The highest BCUT2D eigenvalue weighted by atomic mass is 127. The van der Waals surface area contributed by atoms with Gasteiger partial charge in [0.25, 0.3) is 0 Å². The molecule has 4 rings (SSSR count). The lowest BCUT2D eigenvalue weighted by atomic mass is 9.96. The smallest absolute Gasteiger partial charge is 0.246 e. The molecule has 1 N–H and O–H groups in total. The Balaban J connectivity index is 0.00000272. The summed E-state index contributed by atoms with van der Waals surface area (Å²) >= 11 is 0. The molecule has 1 aromatic carbocycles. The van der Waals surface area contributed by atoms with Crippen LogP contribution in [0.5, 0.6) is 5.75 Å². The van der Waals surface area contributed by atoms with Crippen molar-refractivity contribution in [3.8, 4) is 5.75 Å². The minimum atomic E-state index is 0. The van der Waals surface area contributed by atoms with Gasteiger partial charge in [-0.1, -0.05) is 18.2 Å². The van der Waals surface area contributed by atoms with Gasteiger partial charge in [0.05, 0.1) is 24.5 Å². The lowest BCUT2D eigenvalue weighted by Gasteiger charge is -2.35. The van der Waals surface area contributed by atoms with Crippen molar-refractivity contribution in [1.82, 2.24) is 20.0 Å². The normalized spacial score (nSPS) is 17.2. The van der Waals surface area contributed by atoms with Gasteiger partial charge in [0, 0.05) is 38.4 Å². The largest absolute Gasteiger partial charge is 0.490 e. The monoisotopic (exact) mass is 538 g/mol. The van der Waals surface area contributed by atoms with Gasteiger partial charge >= 0.3 is 0 Å². The molecule has 1 aliphatic heterocycles. The summed E-state index contributed by atoms with van der Waals surface area (Å²) in [6.07, 6.45) is 7.43. The van der Waals surface area contributed by atoms with Crippen molar-refractivity contribution in [3.63, 3.8) is 0 Å². The predicted molar refractivity (Wildman–Crippen MR) is 132 cm³/mol. The molecule has 1 saturated heterocycles. The zero-order valence-corrected chi connectivity index (χ0v) is 20.5. The van der Waals surface area contributed by atoms with E-state index < -0.39 is 0 Å². The third kappa shape index (κ3) is 5.69. The first-order valence-corrected chi connectivity index (χ1v) is 10.7. The van der Waals surface area contributed by atoms with E-state index in [2.05, 4.69) is 16.5 Å². The summed E-state index contributed by atoms with van der Waals surface area (Å²) in [5.41, 5.74) is 1.91. The van der Waals surface area contributed by atoms with E-state index in [1.54, 1.807) is 15.8 Å². The summed E-state index contributed by atoms with van der Waals surface area (Å²) < 4.78 is 7.84. The number of hydrogen-bond acceptors (Lipinski definition) is 4. The molecular formula is C22H31IN6O2. The Morgan fingerprint density at radius 2 is 2.10 bits per heavy atom. The van der Waals surface area contributed by atoms with E-state index in [9.17, 15) is 4.79 Å². The molecule has 1 saturated carbocycles. The number of piperazine rings is 1. The molecule has 168 valence electrons. The van der Waals surface area contributed by atoms with Crippen molar-refractivity contribution in [2.45, 2.75) is 38.8 Å². The molecule has 8 nitrogen and oxygen atoms in total. The van der Waals surface area contributed by atoms with Crippen LogP contribution < -0.4 is 15.0 Å². The zero-order valence-electron chi connectivity index (χ0n) is 18.2. The van der Waals surface area contributed by atoms with Crippen LogP contribution in [0.25, 0.3) is 0 Å². The van der Waals surface area contributed by atoms with Crippen LogP contribution in [0.1, 0.15) is 31.7 Å². The molecule has 0 spiro atoms. The van der Waals surface area contributed by atoms with Crippen LogP contribution in [-0.2, 0) is 18.4 Å². The fourth-order valence-electron chi connectivity index (χ4n) is 3.68. The molecule has 1 aliphatic carbocycles. The molecule has 9 heteroatoms. The van der Waals surface area contributed by atoms with Crippen LogP contribution in [0.3, 0.4) is 0 Å². The van der Waals surface area contributed by atoms with Crippen molar-refractivity contribution < 1.29 is 9.53 Å². The molecule has 2 aromatic rings. The number of hydrogen-bond donors (Lipinski definition) is 1. The molecule has 31 heavy (non-hydrogen) atoms. The molecule has 0 bridgehead atoms. The highest BCUT2D eigenvalue weighted by Gasteiger charge is 2.27. The van der Waals surface area contributed by atoms with Crippen molar-refractivity contribution >= 4 is 41.5 Å². The van der Waals surface area contributed by atoms with Crippen LogP contribution in [0.2, 0.25) is 0 Å². The number of guanidine groups is 1. The third-order valence-electron chi connectivity index (χ3n) is 5.58. The number of aromatic nitrogens is 2. The maximum absolute atomic E-state index is 12.8. The number of halogens is 1. The van der Waals surface area contributed by atoms with Gasteiger partial charge in [0.15, 0.2) is 5.96 Å². The average molecular weight is 538 g/mol. The van der Waals surface area contributed by atoms with E-state index in [4.69, 9.17) is 9.73 Å². The minimum Gasteiger partial charge on any atom is -0.490 e. The Labute approximate surface area is 200 Å². The Morgan fingerprint density at radius 3 is 2.74 bits per heavy atom. The molecule has 0 radical (unpaired) electrons. The van der Waals surface area contributed by atoms with Gasteiger partial charge in [0.2, 0.25) is 5.91 Å². The van der Waals surface area contributed by atoms with Crippen LogP contribution >= 0.6 is 24.0 Å². The summed E-state index contributed by atoms with van der Waals surface area (Å²) in [4.78, 5) is 21.4. The molecule has 1 aromatic heterocycles. The number of amides is 1. The van der Waals surface area contributed by atoms with E-state index in [0.717, 1.165) is 42.3 Å². The van der Waals surface area contributed by atoms with Crippen molar-refractivity contribution in [2.24, 2.45) is 12.0 Å². The van der Waals surface area contributed by atoms with E-state index in [1.807, 2.05) is 43.3 Å². The second kappa shape index (κ2) is 10.8. The van der Waals surface area contributed by atoms with E-state index in [0.29, 0.717) is 32.3 Å². The number of nitrogens with zero attached hydrogens (tertiary/aromatic N) is 5. The second-order valence-corrected chi connectivity index (χ2v) is 7.79. The van der Waals surface area contributed by atoms with Gasteiger partial charge in [0.1, 0.15) is 12.3 Å². The van der Waals surface area contributed by atoms with E-state index >= 15 is 0 Å². The SMILES string of the molecule is CCNC(=NCc1ccccc1OC1CCC1)N1CCN(c2cnn(C)c2)C(=O)C1.I. The number of carbonyl (C=O) groups is 1. The fourth-order valence-corrected chi connectivity index (χ4v) is 3.68. The highest BCUT2D eigenvalue weighted by Crippen LogP contribution is 2.28. The van der Waals surface area contributed by atoms with Crippen molar-refractivity contribution in [1.29, 1.82) is 0 Å². The number of anilines is 1. The summed E-state index contributed by atoms with van der Waals surface area (Å²) in [5.74, 6) is 1.72. The summed E-state index contributed by atoms with van der Waals surface area (Å²) in [5, 5.41) is 7.51.